The van der Waals surface area contributed by atoms with Gasteiger partial charge in [0, 0.05) is 25.1 Å². The van der Waals surface area contributed by atoms with Crippen LogP contribution in [0.3, 0.4) is 0 Å². The molecule has 3 aromatic rings. The van der Waals surface area contributed by atoms with Crippen molar-refractivity contribution in [2.24, 2.45) is 11.7 Å². The Morgan fingerprint density at radius 1 is 1.29 bits per heavy atom. The van der Waals surface area contributed by atoms with Gasteiger partial charge in [0.25, 0.3) is 11.8 Å². The van der Waals surface area contributed by atoms with Crippen LogP contribution in [0.25, 0.3) is 0 Å². The molecule has 2 aromatic heterocycles. The summed E-state index contributed by atoms with van der Waals surface area (Å²) in [5, 5.41) is 3.84. The van der Waals surface area contributed by atoms with E-state index in [4.69, 9.17) is 5.73 Å². The van der Waals surface area contributed by atoms with Gasteiger partial charge in [0.05, 0.1) is 18.4 Å². The number of benzene rings is 1. The molecule has 3 N–H and O–H groups in total. The van der Waals surface area contributed by atoms with E-state index in [2.05, 4.69) is 24.6 Å². The van der Waals surface area contributed by atoms with Crippen LogP contribution < -0.4 is 16.0 Å². The molecule has 0 saturated carbocycles. The maximum atomic E-state index is 13.0. The second-order valence-electron chi connectivity index (χ2n) is 8.85. The minimum absolute atomic E-state index is 0.0515. The summed E-state index contributed by atoms with van der Waals surface area (Å²) in [6.45, 7) is 3.56. The summed E-state index contributed by atoms with van der Waals surface area (Å²) in [5.74, 6) is -0.105. The molecule has 1 atom stereocenters. The van der Waals surface area contributed by atoms with Gasteiger partial charge in [-0.05, 0) is 54.9 Å². The first kappa shape index (κ1) is 22.9. The minimum Gasteiger partial charge on any atom is -0.364 e. The number of piperidine rings is 1. The van der Waals surface area contributed by atoms with E-state index in [0.29, 0.717) is 24.5 Å². The Labute approximate surface area is 206 Å². The van der Waals surface area contributed by atoms with Gasteiger partial charge >= 0.3 is 0 Å². The summed E-state index contributed by atoms with van der Waals surface area (Å²) in [6.07, 6.45) is 3.58. The molecule has 5 rings (SSSR count). The summed E-state index contributed by atoms with van der Waals surface area (Å²) < 4.78 is 4.23. The lowest BCUT2D eigenvalue weighted by molar-refractivity contribution is -0.129. The molecule has 3 amide bonds. The van der Waals surface area contributed by atoms with Crippen molar-refractivity contribution in [1.82, 2.24) is 19.2 Å². The fourth-order valence-electron chi connectivity index (χ4n) is 4.59. The fourth-order valence-corrected chi connectivity index (χ4v) is 5.25. The first-order valence-electron chi connectivity index (χ1n) is 11.4. The van der Waals surface area contributed by atoms with Crippen LogP contribution in [0.15, 0.2) is 36.5 Å². The highest BCUT2D eigenvalue weighted by molar-refractivity contribution is 7.10. The number of nitrogens with two attached hydrogens (primary N) is 1. The molecule has 11 heteroatoms. The Balaban J connectivity index is 1.29. The molecule has 180 valence electrons. The average molecular weight is 492 g/mol. The summed E-state index contributed by atoms with van der Waals surface area (Å²) in [6, 6.07) is 9.19. The Hall–Kier alpha value is -3.86. The van der Waals surface area contributed by atoms with Crippen LogP contribution in [0.4, 0.5) is 16.6 Å². The van der Waals surface area contributed by atoms with E-state index in [1.807, 2.05) is 31.2 Å². The number of rotatable bonds is 6. The van der Waals surface area contributed by atoms with Gasteiger partial charge in [0.1, 0.15) is 10.8 Å². The molecule has 0 unspecified atom stereocenters. The van der Waals surface area contributed by atoms with E-state index in [0.717, 1.165) is 35.6 Å². The van der Waals surface area contributed by atoms with E-state index in [9.17, 15) is 14.4 Å². The van der Waals surface area contributed by atoms with Crippen molar-refractivity contribution in [3.63, 3.8) is 0 Å². The lowest BCUT2D eigenvalue weighted by Gasteiger charge is -2.33. The molecule has 0 radical (unpaired) electrons. The van der Waals surface area contributed by atoms with Crippen molar-refractivity contribution in [2.75, 3.05) is 23.3 Å². The van der Waals surface area contributed by atoms with Gasteiger partial charge in [-0.15, -0.1) is 0 Å². The third-order valence-corrected chi connectivity index (χ3v) is 7.09. The molecular formula is C24H25N7O3S. The van der Waals surface area contributed by atoms with Gasteiger partial charge in [-0.25, -0.2) is 9.97 Å². The quantitative estimate of drug-likeness (QED) is 0.538. The van der Waals surface area contributed by atoms with Crippen molar-refractivity contribution in [3.8, 4) is 0 Å². The number of hydrogen-bond donors (Lipinski definition) is 2. The molecule has 1 aromatic carbocycles. The molecule has 0 spiro atoms. The van der Waals surface area contributed by atoms with Crippen LogP contribution in [0, 0.1) is 12.8 Å². The minimum atomic E-state index is -0.675. The lowest BCUT2D eigenvalue weighted by atomic mass is 9.94. The Kier molecular flexibility index (Phi) is 6.16. The maximum absolute atomic E-state index is 13.0. The van der Waals surface area contributed by atoms with Crippen LogP contribution in [-0.2, 0) is 11.3 Å². The van der Waals surface area contributed by atoms with Gasteiger partial charge in [-0.2, -0.15) is 4.37 Å². The second kappa shape index (κ2) is 9.41. The maximum Gasteiger partial charge on any atom is 0.271 e. The van der Waals surface area contributed by atoms with Crippen molar-refractivity contribution in [2.45, 2.75) is 32.7 Å². The first-order valence-corrected chi connectivity index (χ1v) is 12.2. The zero-order valence-corrected chi connectivity index (χ0v) is 20.0. The number of carbonyl (C=O) groups is 3. The molecule has 1 fully saturated rings. The number of amides is 3. The number of imide groups is 1. The number of fused-ring (bicyclic) bond motifs is 1. The standard InChI is InChI=1S/C24H25N7O3S/c1-14-9-19(35-29-14)28-23-21(22(25)33)26-11-18(27-23)30-8-4-5-15(12-30)10-20(32)31-13-16-6-2-3-7-17(16)24(31)34/h2-3,6-7,9,11,15H,4-5,8,10,12-13H2,1H3,(H2,25,33)(H,27,28)/t15-/m0/s1. The number of hydrogen-bond acceptors (Lipinski definition) is 9. The van der Waals surface area contributed by atoms with Gasteiger partial charge in [0.2, 0.25) is 5.91 Å². The lowest BCUT2D eigenvalue weighted by Crippen LogP contribution is -2.39. The monoisotopic (exact) mass is 491 g/mol. The van der Waals surface area contributed by atoms with Gasteiger partial charge in [-0.1, -0.05) is 18.2 Å². The van der Waals surface area contributed by atoms with Crippen LogP contribution in [-0.4, -0.2) is 50.1 Å². The van der Waals surface area contributed by atoms with Gasteiger partial charge in [-0.3, -0.25) is 19.3 Å². The van der Waals surface area contributed by atoms with Crippen molar-refractivity contribution in [3.05, 3.63) is 59.0 Å². The highest BCUT2D eigenvalue weighted by Gasteiger charge is 2.33. The molecule has 4 heterocycles. The number of aromatic nitrogens is 3. The Morgan fingerprint density at radius 2 is 2.11 bits per heavy atom. The molecule has 0 aliphatic carbocycles. The van der Waals surface area contributed by atoms with Crippen LogP contribution in [0.5, 0.6) is 0 Å². The number of aryl methyl sites for hydroxylation is 1. The van der Waals surface area contributed by atoms with E-state index < -0.39 is 5.91 Å². The molecule has 1 saturated heterocycles. The third kappa shape index (κ3) is 4.72. The van der Waals surface area contributed by atoms with Crippen molar-refractivity contribution in [1.29, 1.82) is 0 Å². The highest BCUT2D eigenvalue weighted by Crippen LogP contribution is 2.29. The third-order valence-electron chi connectivity index (χ3n) is 6.29. The zero-order chi connectivity index (χ0) is 24.5. The SMILES string of the molecule is Cc1cc(Nc2nc(N3CCC[C@@H](CC(=O)N4Cc5ccccc5C4=O)C3)cnc2C(N)=O)sn1. The smallest absolute Gasteiger partial charge is 0.271 e. The van der Waals surface area contributed by atoms with E-state index in [1.54, 1.807) is 6.07 Å². The predicted molar refractivity (Wildman–Crippen MR) is 132 cm³/mol. The number of nitrogens with one attached hydrogen (secondary N) is 1. The van der Waals surface area contributed by atoms with Crippen LogP contribution in [0.1, 0.15) is 51.4 Å². The van der Waals surface area contributed by atoms with Crippen LogP contribution in [0.2, 0.25) is 0 Å². The highest BCUT2D eigenvalue weighted by atomic mass is 32.1. The van der Waals surface area contributed by atoms with Crippen molar-refractivity contribution >= 4 is 45.9 Å². The van der Waals surface area contributed by atoms with E-state index >= 15 is 0 Å². The summed E-state index contributed by atoms with van der Waals surface area (Å²) >= 11 is 1.26. The fraction of sp³-hybridized carbons (Fsp3) is 0.333. The van der Waals surface area contributed by atoms with Crippen molar-refractivity contribution < 1.29 is 14.4 Å². The molecule has 2 aliphatic rings. The topological polar surface area (TPSA) is 134 Å². The van der Waals surface area contributed by atoms with Crippen LogP contribution >= 0.6 is 11.5 Å². The zero-order valence-electron chi connectivity index (χ0n) is 19.2. The summed E-state index contributed by atoms with van der Waals surface area (Å²) in [5.41, 5.74) is 7.90. The van der Waals surface area contributed by atoms with Gasteiger partial charge < -0.3 is 16.0 Å². The number of nitrogens with zero attached hydrogens (tertiary/aromatic N) is 5. The van der Waals surface area contributed by atoms with Gasteiger partial charge in [0.15, 0.2) is 11.5 Å². The normalized spacial score (nSPS) is 17.4. The number of anilines is 3. The predicted octanol–water partition coefficient (Wildman–Crippen LogP) is 2.87. The second-order valence-corrected chi connectivity index (χ2v) is 9.65. The molecule has 35 heavy (non-hydrogen) atoms. The average Bonchev–Trinajstić information content (AvgIpc) is 3.41. The van der Waals surface area contributed by atoms with E-state index in [1.165, 1.54) is 22.6 Å². The Bertz CT molecular complexity index is 1310. The Morgan fingerprint density at radius 3 is 2.86 bits per heavy atom. The molecular weight excluding hydrogens is 466 g/mol. The molecule has 2 aliphatic heterocycles. The molecule has 10 nitrogen and oxygen atoms in total. The summed E-state index contributed by atoms with van der Waals surface area (Å²) in [7, 11) is 0. The first-order chi connectivity index (χ1) is 16.9. The summed E-state index contributed by atoms with van der Waals surface area (Å²) in [4.78, 5) is 49.9. The number of carbonyl (C=O) groups excluding carboxylic acids is 3. The number of primary amides is 1. The molecule has 0 bridgehead atoms. The largest absolute Gasteiger partial charge is 0.364 e. The van der Waals surface area contributed by atoms with E-state index in [-0.39, 0.29) is 35.7 Å².